The molecule has 594 valence electrons. The van der Waals surface area contributed by atoms with Gasteiger partial charge in [0.25, 0.3) is 5.91 Å². The second-order valence-corrected chi connectivity index (χ2v) is 27.8. The van der Waals surface area contributed by atoms with Gasteiger partial charge in [-0.1, -0.05) is 44.4 Å². The number of ether oxygens (including phenoxy) is 12. The molecular formula is C65H105N5O33S. The molecule has 0 radical (unpaired) electrons. The Balaban J connectivity index is 1.12. The van der Waals surface area contributed by atoms with Gasteiger partial charge in [-0.05, 0) is 57.2 Å². The lowest BCUT2D eigenvalue weighted by Gasteiger charge is -2.51. The Bertz CT molecular complexity index is 3020. The van der Waals surface area contributed by atoms with Gasteiger partial charge in [-0.15, -0.1) is 0 Å². The molecule has 5 saturated heterocycles. The topological polar surface area (TPSA) is 552 Å². The summed E-state index contributed by atoms with van der Waals surface area (Å²) in [6, 6.07) is -2.62. The maximum absolute atomic E-state index is 14.0. The van der Waals surface area contributed by atoms with E-state index in [0.717, 1.165) is 60.5 Å². The van der Waals surface area contributed by atoms with E-state index in [1.807, 2.05) is 0 Å². The molecule has 38 nitrogen and oxygen atoms in total. The van der Waals surface area contributed by atoms with Crippen LogP contribution in [0.5, 0.6) is 5.75 Å². The van der Waals surface area contributed by atoms with Crippen LogP contribution in [0.25, 0.3) is 0 Å². The molecule has 7 rings (SSSR count). The number of allylic oxidation sites excluding steroid dienone is 2. The van der Waals surface area contributed by atoms with Gasteiger partial charge in [-0.3, -0.25) is 28.2 Å². The zero-order valence-electron chi connectivity index (χ0n) is 59.0. The molecule has 104 heavy (non-hydrogen) atoms. The summed E-state index contributed by atoms with van der Waals surface area (Å²) in [5.74, 6) is -4.98. The van der Waals surface area contributed by atoms with Crippen LogP contribution in [0.1, 0.15) is 103 Å². The number of amides is 5. The maximum Gasteiger partial charge on any atom is 0.399 e. The molecule has 6 aliphatic rings. The summed E-state index contributed by atoms with van der Waals surface area (Å²) in [5.41, 5.74) is 0.0328. The lowest BCUT2D eigenvalue weighted by molar-refractivity contribution is -0.365. The average Bonchev–Trinajstić information content (AvgIpc) is 0.767. The number of aliphatic hydroxyl groups is 12. The quantitative estimate of drug-likeness (QED) is 0.0222. The molecule has 1 saturated carbocycles. The van der Waals surface area contributed by atoms with Crippen molar-refractivity contribution >= 4 is 39.9 Å². The van der Waals surface area contributed by atoms with E-state index in [9.17, 15) is 93.7 Å². The van der Waals surface area contributed by atoms with Gasteiger partial charge in [-0.25, -0.2) is 4.18 Å². The van der Waals surface area contributed by atoms with Gasteiger partial charge in [-0.2, -0.15) is 8.42 Å². The molecule has 1 aromatic carbocycles. The fraction of sp³-hybridized carbons (Fsp3) is 0.800. The molecule has 6 fully saturated rings. The van der Waals surface area contributed by atoms with Crippen molar-refractivity contribution in [2.75, 3.05) is 53.9 Å². The number of hydrogen-bond acceptors (Lipinski definition) is 33. The number of carbonyl (C=O) groups excluding carboxylic acids is 5. The van der Waals surface area contributed by atoms with Crippen LogP contribution < -0.4 is 31.3 Å². The van der Waals surface area contributed by atoms with Gasteiger partial charge in [0.2, 0.25) is 23.6 Å². The summed E-state index contributed by atoms with van der Waals surface area (Å²) in [5, 5.41) is 149. The largest absolute Gasteiger partial charge is 0.494 e. The van der Waals surface area contributed by atoms with E-state index in [1.54, 1.807) is 12.1 Å². The van der Waals surface area contributed by atoms with Crippen molar-refractivity contribution in [2.45, 2.75) is 271 Å². The van der Waals surface area contributed by atoms with Crippen LogP contribution in [0.2, 0.25) is 0 Å². The second kappa shape index (κ2) is 40.5. The first-order valence-corrected chi connectivity index (χ1v) is 36.0. The molecule has 5 heterocycles. The van der Waals surface area contributed by atoms with Crippen molar-refractivity contribution in [1.82, 2.24) is 26.6 Å². The van der Waals surface area contributed by atoms with Gasteiger partial charge in [0.15, 0.2) is 31.5 Å². The number of methoxy groups -OCH3 is 1. The van der Waals surface area contributed by atoms with E-state index in [4.69, 9.17) is 61.0 Å². The smallest absolute Gasteiger partial charge is 0.399 e. The molecule has 0 bridgehead atoms. The highest BCUT2D eigenvalue weighted by Gasteiger charge is 2.58. The Morgan fingerprint density at radius 3 is 1.49 bits per heavy atom. The average molecular weight is 1520 g/mol. The Morgan fingerprint density at radius 1 is 0.519 bits per heavy atom. The van der Waals surface area contributed by atoms with Crippen LogP contribution in [0, 0.1) is 5.92 Å². The molecule has 30 unspecified atom stereocenters. The van der Waals surface area contributed by atoms with Crippen molar-refractivity contribution < 1.29 is 159 Å². The molecule has 5 amide bonds. The number of carbonyl (C=O) groups is 5. The third-order valence-corrected chi connectivity index (χ3v) is 19.5. The van der Waals surface area contributed by atoms with Gasteiger partial charge < -0.3 is 145 Å². The lowest BCUT2D eigenvalue weighted by atomic mass is 9.79. The Hall–Kier alpha value is -4.94. The van der Waals surface area contributed by atoms with Crippen LogP contribution in [0.4, 0.5) is 0 Å². The zero-order chi connectivity index (χ0) is 76.4. The summed E-state index contributed by atoms with van der Waals surface area (Å²) in [6.45, 7) is 3.40. The minimum Gasteiger partial charge on any atom is -0.494 e. The molecular weight excluding hydrogens is 1410 g/mol. The molecule has 1 aliphatic carbocycles. The predicted octanol–water partition coefficient (Wildman–Crippen LogP) is -6.14. The number of nitrogens with one attached hydrogen (secondary N) is 5. The fourth-order valence-electron chi connectivity index (χ4n) is 13.4. The molecule has 1 aromatic rings. The monoisotopic (exact) mass is 1520 g/mol. The summed E-state index contributed by atoms with van der Waals surface area (Å²) in [7, 11) is -2.88. The van der Waals surface area contributed by atoms with E-state index in [-0.39, 0.29) is 12.0 Å². The highest BCUT2D eigenvalue weighted by Crippen LogP contribution is 2.38. The molecule has 39 heteroatoms. The van der Waals surface area contributed by atoms with E-state index in [0.29, 0.717) is 18.8 Å². The Morgan fingerprint density at radius 2 is 0.990 bits per heavy atom. The second-order valence-electron chi connectivity index (χ2n) is 26.5. The molecule has 17 N–H and O–H groups in total. The van der Waals surface area contributed by atoms with Crippen molar-refractivity contribution in [2.24, 2.45) is 5.92 Å². The van der Waals surface area contributed by atoms with E-state index in [2.05, 4.69) is 49.8 Å². The van der Waals surface area contributed by atoms with Crippen LogP contribution >= 0.6 is 0 Å². The fourth-order valence-corrected chi connectivity index (χ4v) is 13.8. The highest BCUT2D eigenvalue weighted by atomic mass is 32.3. The minimum atomic E-state index is -4.91. The summed E-state index contributed by atoms with van der Waals surface area (Å²) in [4.78, 5) is 65.7. The third-order valence-electron chi connectivity index (χ3n) is 18.7. The van der Waals surface area contributed by atoms with Crippen LogP contribution in [-0.4, -0.2) is 331 Å². The molecule has 5 aliphatic heterocycles. The Labute approximate surface area is 601 Å². The van der Waals surface area contributed by atoms with Crippen molar-refractivity contribution in [3.63, 3.8) is 0 Å². The van der Waals surface area contributed by atoms with Gasteiger partial charge in [0.05, 0.1) is 71.1 Å². The van der Waals surface area contributed by atoms with Crippen molar-refractivity contribution in [3.05, 3.63) is 42.0 Å². The third kappa shape index (κ3) is 22.6. The lowest BCUT2D eigenvalue weighted by Crippen LogP contribution is -2.72. The van der Waals surface area contributed by atoms with Crippen LogP contribution in [-0.2, 0) is 90.0 Å². The SMILES string of the molecule is CCCCCC/C=C\CCCOc1cccc(C(=O)NC2C(OC3C(CO)OC(OC4C(CO)OC(OC5C(COS(=O)(=O)OC)OC(OC6C(COC7OC(C)C(OC)C(O)C7O)CC(O)C(NC(C)=O)C6O)C(NC(C)=O)C5O)C(NC(C)=O)C4O)C(NC(C)=O)C3O)OC(CO)C(O)C2O)c1. The first-order chi connectivity index (χ1) is 49.4. The van der Waals surface area contributed by atoms with Crippen molar-refractivity contribution in [3.8, 4) is 5.75 Å². The number of hydrogen-bond donors (Lipinski definition) is 17. The van der Waals surface area contributed by atoms with Gasteiger partial charge >= 0.3 is 10.4 Å². The summed E-state index contributed by atoms with van der Waals surface area (Å²) < 4.78 is 108. The van der Waals surface area contributed by atoms with Gasteiger partial charge in [0.1, 0.15) is 128 Å². The predicted molar refractivity (Wildman–Crippen MR) is 351 cm³/mol. The minimum absolute atomic E-state index is 0.0328. The molecule has 30 atom stereocenters. The number of benzene rings is 1. The van der Waals surface area contributed by atoms with Gasteiger partial charge in [0, 0.05) is 46.3 Å². The molecule has 0 aromatic heterocycles. The number of rotatable bonds is 35. The van der Waals surface area contributed by atoms with Crippen LogP contribution in [0.15, 0.2) is 36.4 Å². The normalized spacial score (nSPS) is 38.4. The van der Waals surface area contributed by atoms with E-state index in [1.165, 1.54) is 39.0 Å². The number of unbranched alkanes of at least 4 members (excludes halogenated alkanes) is 5. The van der Waals surface area contributed by atoms with Crippen LogP contribution in [0.3, 0.4) is 0 Å². The maximum atomic E-state index is 14.0. The summed E-state index contributed by atoms with van der Waals surface area (Å²) >= 11 is 0. The zero-order valence-corrected chi connectivity index (χ0v) is 59.8. The molecule has 0 spiro atoms. The number of aliphatic hydroxyl groups excluding tert-OH is 12. The van der Waals surface area contributed by atoms with Crippen molar-refractivity contribution in [1.29, 1.82) is 0 Å². The first-order valence-electron chi connectivity index (χ1n) is 34.6. The summed E-state index contributed by atoms with van der Waals surface area (Å²) in [6.07, 6.45) is -31.6. The standard InChI is InChI=1S/C65H105N5O33S/c1-9-10-11-12-13-14-15-16-17-21-92-36-20-18-19-34(22-36)60(87)70-43-48(80)47(79)38(24-71)96-61(43)101-57-39(25-72)97-62(44(50(57)82)67-31(4)75)102-58-40(26-73)98-63(45(51(58)83)68-32(5)76)103-59-41(28-94-104(88,89)91-8)99-64(46(52(59)84)69-33(6)77)100-56-35(23-37(78)42(49(56)81)66-30(3)74)27-93-65-54(86)53(85)55(90-7)29(2)95-65/h14-15,18-20,22,29,35,37-59,61-65,71-73,78-86H,9-13,16-17,21,23-28H2,1-8H3,(H,66,74)(H,67,75)(H,68,76)(H,69,77)(H,70,87)/b15-14-. The Kier molecular flexibility index (Phi) is 33.6. The highest BCUT2D eigenvalue weighted by molar-refractivity contribution is 7.81. The first kappa shape index (κ1) is 86.3. The van der Waals surface area contributed by atoms with E-state index >= 15 is 0 Å². The van der Waals surface area contributed by atoms with E-state index < -0.39 is 257 Å².